The number of hydrogen-bond donors (Lipinski definition) is 0. The first kappa shape index (κ1) is 14.0. The monoisotopic (exact) mass is 284 g/mol. The van der Waals surface area contributed by atoms with Crippen LogP contribution in [0, 0.1) is 0 Å². The fourth-order valence-electron chi connectivity index (χ4n) is 2.11. The first-order valence-corrected chi connectivity index (χ1v) is 7.06. The minimum absolute atomic E-state index is 0.894. The van der Waals surface area contributed by atoms with Crippen LogP contribution < -0.4 is 0 Å². The van der Waals surface area contributed by atoms with Gasteiger partial charge in [-0.2, -0.15) is 0 Å². The molecule has 0 saturated carbocycles. The highest BCUT2D eigenvalue weighted by atomic mass is 14.7. The molecule has 0 aliphatic heterocycles. The van der Waals surface area contributed by atoms with E-state index >= 15 is 0 Å². The highest BCUT2D eigenvalue weighted by Gasteiger charge is 2.01. The van der Waals surface area contributed by atoms with Gasteiger partial charge >= 0.3 is 0 Å². The zero-order valence-electron chi connectivity index (χ0n) is 12.2. The lowest BCUT2D eigenvalue weighted by Gasteiger charge is -1.98. The Hall–Kier alpha value is -3.00. The minimum Gasteiger partial charge on any atom is -0.256 e. The summed E-state index contributed by atoms with van der Waals surface area (Å²) in [6.45, 7) is 7.89. The normalized spacial score (nSPS) is 17.1. The molecular weight excluding hydrogens is 268 g/mol. The summed E-state index contributed by atoms with van der Waals surface area (Å²) in [5.41, 5.74) is 5.85. The Morgan fingerprint density at radius 3 is 1.41 bits per heavy atom. The topological polar surface area (TPSA) is 24.7 Å². The highest BCUT2D eigenvalue weighted by Crippen LogP contribution is 2.21. The van der Waals surface area contributed by atoms with E-state index in [0.717, 1.165) is 33.7 Å². The van der Waals surface area contributed by atoms with Gasteiger partial charge in [0.1, 0.15) is 0 Å². The van der Waals surface area contributed by atoms with Crippen LogP contribution in [0.3, 0.4) is 0 Å². The van der Waals surface area contributed by atoms with Crippen LogP contribution in [0.1, 0.15) is 0 Å². The number of allylic oxidation sites excluding steroid dienone is 10. The van der Waals surface area contributed by atoms with Crippen molar-refractivity contribution in [2.45, 2.75) is 0 Å². The van der Waals surface area contributed by atoms with E-state index in [1.165, 1.54) is 0 Å². The van der Waals surface area contributed by atoms with E-state index in [4.69, 9.17) is 0 Å². The van der Waals surface area contributed by atoms with Crippen LogP contribution in [0.25, 0.3) is 0 Å². The third kappa shape index (κ3) is 3.18. The number of aliphatic imine (C=N–C) groups is 2. The van der Waals surface area contributed by atoms with Crippen molar-refractivity contribution in [1.29, 1.82) is 0 Å². The lowest BCUT2D eigenvalue weighted by Crippen LogP contribution is -1.82. The Kier molecular flexibility index (Phi) is 3.92. The summed E-state index contributed by atoms with van der Waals surface area (Å²) < 4.78 is 0. The molecule has 0 fully saturated rings. The predicted octanol–water partition coefficient (Wildman–Crippen LogP) is 5.20. The third-order valence-corrected chi connectivity index (χ3v) is 3.44. The summed E-state index contributed by atoms with van der Waals surface area (Å²) in [5, 5.41) is 0. The van der Waals surface area contributed by atoms with Gasteiger partial charge in [-0.3, -0.25) is 9.98 Å². The fourth-order valence-corrected chi connectivity index (χ4v) is 2.11. The molecule has 2 nitrogen and oxygen atoms in total. The van der Waals surface area contributed by atoms with Gasteiger partial charge in [0, 0.05) is 12.4 Å². The van der Waals surface area contributed by atoms with Crippen molar-refractivity contribution in [3.8, 4) is 0 Å². The Morgan fingerprint density at radius 1 is 0.682 bits per heavy atom. The van der Waals surface area contributed by atoms with Gasteiger partial charge < -0.3 is 0 Å². The van der Waals surface area contributed by atoms with Crippen molar-refractivity contribution in [2.75, 3.05) is 0 Å². The Morgan fingerprint density at radius 2 is 1.09 bits per heavy atom. The molecule has 22 heavy (non-hydrogen) atoms. The van der Waals surface area contributed by atoms with Gasteiger partial charge in [0.05, 0.1) is 11.4 Å². The average Bonchev–Trinajstić information content (AvgIpc) is 3.12. The van der Waals surface area contributed by atoms with E-state index in [-0.39, 0.29) is 0 Å². The quantitative estimate of drug-likeness (QED) is 0.679. The van der Waals surface area contributed by atoms with Gasteiger partial charge in [-0.05, 0) is 46.6 Å². The maximum absolute atomic E-state index is 4.45. The Labute approximate surface area is 130 Å². The van der Waals surface area contributed by atoms with Crippen LogP contribution in [0.15, 0.2) is 106 Å². The summed E-state index contributed by atoms with van der Waals surface area (Å²) in [7, 11) is 0. The summed E-state index contributed by atoms with van der Waals surface area (Å²) in [6, 6.07) is 7.80. The van der Waals surface area contributed by atoms with E-state index in [9.17, 15) is 0 Å². The van der Waals surface area contributed by atoms with Crippen LogP contribution in [-0.2, 0) is 0 Å². The van der Waals surface area contributed by atoms with Crippen molar-refractivity contribution >= 4 is 23.8 Å². The molecule has 0 unspecified atom stereocenters. The highest BCUT2D eigenvalue weighted by molar-refractivity contribution is 5.90. The van der Waals surface area contributed by atoms with E-state index in [1.54, 1.807) is 0 Å². The maximum Gasteiger partial charge on any atom is 0.0631 e. The van der Waals surface area contributed by atoms with Crippen LogP contribution in [0.2, 0.25) is 0 Å². The van der Waals surface area contributed by atoms with Crippen molar-refractivity contribution in [3.05, 3.63) is 96.2 Å². The molecule has 1 aromatic rings. The van der Waals surface area contributed by atoms with Gasteiger partial charge in [0.15, 0.2) is 0 Å². The van der Waals surface area contributed by atoms with Gasteiger partial charge in [-0.25, -0.2) is 0 Å². The minimum atomic E-state index is 0.894. The molecule has 0 saturated heterocycles. The smallest absolute Gasteiger partial charge is 0.0631 e. The Balaban J connectivity index is 1.66. The molecule has 2 aliphatic carbocycles. The zero-order valence-corrected chi connectivity index (χ0v) is 12.2. The van der Waals surface area contributed by atoms with Crippen molar-refractivity contribution in [3.63, 3.8) is 0 Å². The molecule has 0 aromatic heterocycles. The van der Waals surface area contributed by atoms with E-state index < -0.39 is 0 Å². The molecule has 1 aromatic carbocycles. The molecule has 2 aliphatic rings. The second-order valence-corrected chi connectivity index (χ2v) is 5.05. The fraction of sp³-hybridized carbons (Fsp3) is 0. The van der Waals surface area contributed by atoms with Crippen molar-refractivity contribution < 1.29 is 0 Å². The van der Waals surface area contributed by atoms with Gasteiger partial charge in [0.25, 0.3) is 0 Å². The summed E-state index contributed by atoms with van der Waals surface area (Å²) in [5.74, 6) is 0. The van der Waals surface area contributed by atoms with E-state index in [2.05, 4.69) is 23.1 Å². The van der Waals surface area contributed by atoms with E-state index in [1.807, 2.05) is 73.2 Å². The Bertz CT molecular complexity index is 726. The lowest BCUT2D eigenvalue weighted by molar-refractivity contribution is 1.48. The molecule has 0 radical (unpaired) electrons. The second-order valence-electron chi connectivity index (χ2n) is 5.05. The standard InChI is InChI=1S/C20H16N2/c1-15-5-3-7-17(15)13-21-19-9-11-20(12-10-19)22-14-18-8-4-6-16(18)2/h3-14H,1-2H2/b21-13+,22-14+. The van der Waals surface area contributed by atoms with Gasteiger partial charge in [-0.15, -0.1) is 0 Å². The molecule has 0 amide bonds. The number of benzene rings is 1. The predicted molar refractivity (Wildman–Crippen MR) is 95.5 cm³/mol. The maximum atomic E-state index is 4.45. The van der Waals surface area contributed by atoms with E-state index in [0.29, 0.717) is 0 Å². The number of hydrogen-bond acceptors (Lipinski definition) is 2. The summed E-state index contributed by atoms with van der Waals surface area (Å²) in [4.78, 5) is 8.90. The largest absolute Gasteiger partial charge is 0.256 e. The zero-order chi connectivity index (χ0) is 15.4. The van der Waals surface area contributed by atoms with Crippen LogP contribution in [0.5, 0.6) is 0 Å². The van der Waals surface area contributed by atoms with Gasteiger partial charge in [0.2, 0.25) is 0 Å². The molecular formula is C20H16N2. The van der Waals surface area contributed by atoms with Crippen LogP contribution in [0.4, 0.5) is 11.4 Å². The molecule has 0 atom stereocenters. The lowest BCUT2D eigenvalue weighted by atomic mass is 10.2. The first-order valence-electron chi connectivity index (χ1n) is 7.06. The molecule has 0 N–H and O–H groups in total. The summed E-state index contributed by atoms with van der Waals surface area (Å²) >= 11 is 0. The SMILES string of the molecule is C=C1C=CC=C1/C=N/c1ccc(/N=C/C2=CC=CC2=C)cc1. The molecule has 0 bridgehead atoms. The third-order valence-electron chi connectivity index (χ3n) is 3.44. The van der Waals surface area contributed by atoms with Crippen LogP contribution >= 0.6 is 0 Å². The van der Waals surface area contributed by atoms with Gasteiger partial charge in [-0.1, -0.05) is 49.6 Å². The molecule has 0 spiro atoms. The second kappa shape index (κ2) is 6.19. The average molecular weight is 284 g/mol. The number of rotatable bonds is 4. The molecule has 0 heterocycles. The number of nitrogens with zero attached hydrogens (tertiary/aromatic N) is 2. The molecule has 2 heteroatoms. The molecule has 106 valence electrons. The van der Waals surface area contributed by atoms with Crippen LogP contribution in [-0.4, -0.2) is 12.4 Å². The van der Waals surface area contributed by atoms with Crippen molar-refractivity contribution in [2.24, 2.45) is 9.98 Å². The van der Waals surface area contributed by atoms with Crippen molar-refractivity contribution in [1.82, 2.24) is 0 Å². The molecule has 3 rings (SSSR count). The summed E-state index contributed by atoms with van der Waals surface area (Å²) in [6.07, 6.45) is 15.6. The first-order chi connectivity index (χ1) is 10.7.